The minimum atomic E-state index is -0.136. The summed E-state index contributed by atoms with van der Waals surface area (Å²) in [6.45, 7) is 11.8. The van der Waals surface area contributed by atoms with Gasteiger partial charge < -0.3 is 5.32 Å². The molecule has 0 unspecified atom stereocenters. The van der Waals surface area contributed by atoms with E-state index >= 15 is 0 Å². The first-order chi connectivity index (χ1) is 7.30. The van der Waals surface area contributed by atoms with Crippen molar-refractivity contribution in [3.8, 4) is 0 Å². The zero-order valence-corrected chi connectivity index (χ0v) is 10.4. The molecule has 0 atom stereocenters. The van der Waals surface area contributed by atoms with Gasteiger partial charge in [0.1, 0.15) is 0 Å². The maximum atomic E-state index is 11.4. The summed E-state index contributed by atoms with van der Waals surface area (Å²) in [4.78, 5) is 11.4. The Morgan fingerprint density at radius 3 is 2.06 bits per heavy atom. The molecular formula is C14H19NO. The van der Waals surface area contributed by atoms with E-state index in [2.05, 4.69) is 32.7 Å². The normalized spacial score (nSPS) is 11.0. The van der Waals surface area contributed by atoms with E-state index in [1.807, 2.05) is 24.3 Å². The SMILES string of the molecule is C=C(C)C(=O)Nc1ccc(C(C)(C)C)cc1. The van der Waals surface area contributed by atoms with Crippen LogP contribution in [-0.4, -0.2) is 5.91 Å². The molecule has 0 aliphatic rings. The predicted molar refractivity (Wildman–Crippen MR) is 68.6 cm³/mol. The molecule has 1 aromatic carbocycles. The Bertz CT molecular complexity index is 396. The van der Waals surface area contributed by atoms with Gasteiger partial charge in [-0.15, -0.1) is 0 Å². The number of hydrogen-bond acceptors (Lipinski definition) is 1. The second-order valence-electron chi connectivity index (χ2n) is 5.06. The molecule has 86 valence electrons. The third-order valence-electron chi connectivity index (χ3n) is 2.40. The summed E-state index contributed by atoms with van der Waals surface area (Å²) in [5, 5.41) is 2.78. The monoisotopic (exact) mass is 217 g/mol. The van der Waals surface area contributed by atoms with Crippen molar-refractivity contribution in [1.82, 2.24) is 0 Å². The Balaban J connectivity index is 2.80. The molecule has 0 spiro atoms. The van der Waals surface area contributed by atoms with Crippen LogP contribution in [-0.2, 0) is 10.2 Å². The summed E-state index contributed by atoms with van der Waals surface area (Å²) in [6, 6.07) is 7.91. The van der Waals surface area contributed by atoms with Crippen LogP contribution in [0.15, 0.2) is 36.4 Å². The van der Waals surface area contributed by atoms with Gasteiger partial charge in [0.2, 0.25) is 0 Å². The number of carbonyl (C=O) groups is 1. The van der Waals surface area contributed by atoms with Gasteiger partial charge in [0.25, 0.3) is 5.91 Å². The first kappa shape index (κ1) is 12.5. The van der Waals surface area contributed by atoms with Crippen molar-refractivity contribution in [1.29, 1.82) is 0 Å². The van der Waals surface area contributed by atoms with Crippen molar-refractivity contribution in [3.05, 3.63) is 42.0 Å². The summed E-state index contributed by atoms with van der Waals surface area (Å²) < 4.78 is 0. The maximum absolute atomic E-state index is 11.4. The minimum Gasteiger partial charge on any atom is -0.322 e. The molecule has 2 heteroatoms. The quantitative estimate of drug-likeness (QED) is 0.755. The predicted octanol–water partition coefficient (Wildman–Crippen LogP) is 3.50. The average molecular weight is 217 g/mol. The van der Waals surface area contributed by atoms with Crippen molar-refractivity contribution in [3.63, 3.8) is 0 Å². The Morgan fingerprint density at radius 2 is 1.69 bits per heavy atom. The third kappa shape index (κ3) is 3.23. The molecule has 0 saturated carbocycles. The second-order valence-corrected chi connectivity index (χ2v) is 5.06. The van der Waals surface area contributed by atoms with Crippen molar-refractivity contribution >= 4 is 11.6 Å². The zero-order valence-electron chi connectivity index (χ0n) is 10.4. The molecule has 0 heterocycles. The van der Waals surface area contributed by atoms with Gasteiger partial charge in [-0.05, 0) is 30.0 Å². The standard InChI is InChI=1S/C14H19NO/c1-10(2)13(16)15-12-8-6-11(7-9-12)14(3,4)5/h6-9H,1H2,2-5H3,(H,15,16). The molecule has 0 bridgehead atoms. The Hall–Kier alpha value is -1.57. The molecular weight excluding hydrogens is 198 g/mol. The Kier molecular flexibility index (Phi) is 3.53. The van der Waals surface area contributed by atoms with E-state index in [1.54, 1.807) is 6.92 Å². The Morgan fingerprint density at radius 1 is 1.19 bits per heavy atom. The lowest BCUT2D eigenvalue weighted by atomic mass is 9.87. The number of carbonyl (C=O) groups excluding carboxylic acids is 1. The fraction of sp³-hybridized carbons (Fsp3) is 0.357. The molecule has 0 saturated heterocycles. The Labute approximate surface area is 97.4 Å². The lowest BCUT2D eigenvalue weighted by molar-refractivity contribution is -0.112. The molecule has 1 aromatic rings. The van der Waals surface area contributed by atoms with Crippen LogP contribution in [0.3, 0.4) is 0 Å². The molecule has 1 rings (SSSR count). The number of benzene rings is 1. The summed E-state index contributed by atoms with van der Waals surface area (Å²) in [5.41, 5.74) is 2.71. The highest BCUT2D eigenvalue weighted by atomic mass is 16.1. The van der Waals surface area contributed by atoms with Gasteiger partial charge >= 0.3 is 0 Å². The summed E-state index contributed by atoms with van der Waals surface area (Å²) in [6.07, 6.45) is 0. The topological polar surface area (TPSA) is 29.1 Å². The summed E-state index contributed by atoms with van der Waals surface area (Å²) in [5.74, 6) is -0.136. The molecule has 1 N–H and O–H groups in total. The molecule has 0 aliphatic heterocycles. The zero-order chi connectivity index (χ0) is 12.3. The molecule has 16 heavy (non-hydrogen) atoms. The van der Waals surface area contributed by atoms with Gasteiger partial charge in [-0.3, -0.25) is 4.79 Å². The van der Waals surface area contributed by atoms with Crippen LogP contribution in [0.1, 0.15) is 33.3 Å². The fourth-order valence-corrected chi connectivity index (χ4v) is 1.29. The third-order valence-corrected chi connectivity index (χ3v) is 2.40. The van der Waals surface area contributed by atoms with Gasteiger partial charge in [-0.2, -0.15) is 0 Å². The highest BCUT2D eigenvalue weighted by Crippen LogP contribution is 2.23. The number of rotatable bonds is 2. The molecule has 0 aliphatic carbocycles. The highest BCUT2D eigenvalue weighted by Gasteiger charge is 2.13. The highest BCUT2D eigenvalue weighted by molar-refractivity contribution is 6.02. The molecule has 0 aromatic heterocycles. The lowest BCUT2D eigenvalue weighted by Crippen LogP contribution is -2.13. The van der Waals surface area contributed by atoms with Gasteiger partial charge in [0, 0.05) is 11.3 Å². The van der Waals surface area contributed by atoms with E-state index < -0.39 is 0 Å². The molecule has 0 fully saturated rings. The summed E-state index contributed by atoms with van der Waals surface area (Å²) >= 11 is 0. The van der Waals surface area contributed by atoms with Crippen LogP contribution >= 0.6 is 0 Å². The van der Waals surface area contributed by atoms with Crippen LogP contribution in [0.5, 0.6) is 0 Å². The second kappa shape index (κ2) is 4.52. The van der Waals surface area contributed by atoms with E-state index in [9.17, 15) is 4.79 Å². The van der Waals surface area contributed by atoms with Gasteiger partial charge in [-0.25, -0.2) is 0 Å². The fourth-order valence-electron chi connectivity index (χ4n) is 1.29. The lowest BCUT2D eigenvalue weighted by Gasteiger charge is -2.19. The van der Waals surface area contributed by atoms with Crippen LogP contribution < -0.4 is 5.32 Å². The van der Waals surface area contributed by atoms with Crippen LogP contribution in [0.2, 0.25) is 0 Å². The van der Waals surface area contributed by atoms with Crippen molar-refractivity contribution in [2.75, 3.05) is 5.32 Å². The number of nitrogens with one attached hydrogen (secondary N) is 1. The van der Waals surface area contributed by atoms with Crippen molar-refractivity contribution in [2.45, 2.75) is 33.1 Å². The number of anilines is 1. The van der Waals surface area contributed by atoms with E-state index in [-0.39, 0.29) is 11.3 Å². The number of hydrogen-bond donors (Lipinski definition) is 1. The van der Waals surface area contributed by atoms with E-state index in [0.717, 1.165) is 5.69 Å². The summed E-state index contributed by atoms with van der Waals surface area (Å²) in [7, 11) is 0. The van der Waals surface area contributed by atoms with Crippen LogP contribution in [0.4, 0.5) is 5.69 Å². The van der Waals surface area contributed by atoms with Gasteiger partial charge in [0.15, 0.2) is 0 Å². The average Bonchev–Trinajstić information content (AvgIpc) is 2.17. The van der Waals surface area contributed by atoms with Crippen LogP contribution in [0, 0.1) is 0 Å². The smallest absolute Gasteiger partial charge is 0.250 e. The van der Waals surface area contributed by atoms with E-state index in [4.69, 9.17) is 0 Å². The molecule has 2 nitrogen and oxygen atoms in total. The van der Waals surface area contributed by atoms with E-state index in [0.29, 0.717) is 5.57 Å². The van der Waals surface area contributed by atoms with Gasteiger partial charge in [-0.1, -0.05) is 39.5 Å². The molecule has 0 radical (unpaired) electrons. The van der Waals surface area contributed by atoms with Crippen LogP contribution in [0.25, 0.3) is 0 Å². The minimum absolute atomic E-state index is 0.136. The first-order valence-corrected chi connectivity index (χ1v) is 5.38. The van der Waals surface area contributed by atoms with Crippen molar-refractivity contribution < 1.29 is 4.79 Å². The first-order valence-electron chi connectivity index (χ1n) is 5.38. The number of amides is 1. The van der Waals surface area contributed by atoms with Gasteiger partial charge in [0.05, 0.1) is 0 Å². The molecule has 1 amide bonds. The maximum Gasteiger partial charge on any atom is 0.250 e. The van der Waals surface area contributed by atoms with E-state index in [1.165, 1.54) is 5.56 Å². The van der Waals surface area contributed by atoms with Crippen molar-refractivity contribution in [2.24, 2.45) is 0 Å². The largest absolute Gasteiger partial charge is 0.322 e.